The first-order valence-corrected chi connectivity index (χ1v) is 12.0. The minimum absolute atomic E-state index is 0.0150. The number of benzene rings is 1. The van der Waals surface area contributed by atoms with Crippen LogP contribution in [0.2, 0.25) is 0 Å². The van der Waals surface area contributed by atoms with E-state index in [1.807, 2.05) is 30.4 Å². The maximum absolute atomic E-state index is 12.0. The highest BCUT2D eigenvalue weighted by Crippen LogP contribution is 2.24. The Morgan fingerprint density at radius 2 is 1.46 bits per heavy atom. The molecule has 0 atom stereocenters. The molecule has 0 unspecified atom stereocenters. The summed E-state index contributed by atoms with van der Waals surface area (Å²) in [6.07, 6.45) is 3.50. The number of rotatable bonds is 3. The Kier molecular flexibility index (Phi) is 8.43. The molecule has 2 fully saturated rings. The zero-order valence-corrected chi connectivity index (χ0v) is 16.5. The maximum atomic E-state index is 12.0. The van der Waals surface area contributed by atoms with Gasteiger partial charge in [-0.2, -0.15) is 31.9 Å². The lowest BCUT2D eigenvalue weighted by Gasteiger charge is -2.21. The van der Waals surface area contributed by atoms with Crippen LogP contribution in [0.4, 0.5) is 0 Å². The number of aryl methyl sites for hydroxylation is 1. The Bertz CT molecular complexity index is 574. The van der Waals surface area contributed by atoms with Crippen molar-refractivity contribution in [3.05, 3.63) is 29.8 Å². The molecule has 0 radical (unpaired) electrons. The van der Waals surface area contributed by atoms with Crippen LogP contribution in [-0.4, -0.2) is 48.7 Å². The molecule has 3 rings (SSSR count). The molecule has 136 valence electrons. The third kappa shape index (κ3) is 6.96. The molecule has 1 aromatic rings. The predicted octanol–water partition coefficient (Wildman–Crippen LogP) is 3.47. The summed E-state index contributed by atoms with van der Waals surface area (Å²) in [5.41, 5.74) is 1.04. The summed E-state index contributed by atoms with van der Waals surface area (Å²) >= 11 is 3.79. The van der Waals surface area contributed by atoms with E-state index >= 15 is 0 Å². The van der Waals surface area contributed by atoms with Crippen LogP contribution in [0.15, 0.2) is 29.2 Å². The summed E-state index contributed by atoms with van der Waals surface area (Å²) in [5.74, 6) is 4.27. The molecule has 2 aliphatic rings. The van der Waals surface area contributed by atoms with E-state index in [-0.39, 0.29) is 17.1 Å². The smallest absolute Gasteiger partial charge is 0.297 e. The molecule has 2 aliphatic heterocycles. The molecule has 1 aromatic carbocycles. The van der Waals surface area contributed by atoms with E-state index < -0.39 is 10.1 Å². The first-order valence-electron chi connectivity index (χ1n) is 8.31. The van der Waals surface area contributed by atoms with Crippen LogP contribution in [-0.2, 0) is 14.3 Å². The van der Waals surface area contributed by atoms with Crippen LogP contribution in [0, 0.1) is 6.92 Å². The number of hydrogen-bond donors (Lipinski definition) is 1. The summed E-state index contributed by atoms with van der Waals surface area (Å²) < 4.78 is 29.2. The number of aliphatic hydroxyl groups is 1. The van der Waals surface area contributed by atoms with E-state index in [9.17, 15) is 8.42 Å². The number of thioether (sulfide) groups is 2. The first kappa shape index (κ1) is 20.1. The van der Waals surface area contributed by atoms with Crippen molar-refractivity contribution in [3.63, 3.8) is 0 Å². The average Bonchev–Trinajstić information content (AvgIpc) is 2.57. The molecule has 0 amide bonds. The lowest BCUT2D eigenvalue weighted by Crippen LogP contribution is -2.23. The van der Waals surface area contributed by atoms with Crippen LogP contribution in [0.5, 0.6) is 0 Å². The van der Waals surface area contributed by atoms with Gasteiger partial charge in [0.25, 0.3) is 10.1 Å². The highest BCUT2D eigenvalue weighted by Gasteiger charge is 2.23. The van der Waals surface area contributed by atoms with Crippen LogP contribution in [0.3, 0.4) is 0 Å². The van der Waals surface area contributed by atoms with Gasteiger partial charge in [0.1, 0.15) is 0 Å². The van der Waals surface area contributed by atoms with Gasteiger partial charge < -0.3 is 5.11 Å². The number of hydrogen-bond acceptors (Lipinski definition) is 6. The quantitative estimate of drug-likeness (QED) is 0.798. The van der Waals surface area contributed by atoms with Crippen molar-refractivity contribution >= 4 is 33.6 Å². The molecule has 24 heavy (non-hydrogen) atoms. The maximum Gasteiger partial charge on any atom is 0.297 e. The molecule has 2 heterocycles. The fraction of sp³-hybridized carbons (Fsp3) is 0.647. The molecule has 0 saturated carbocycles. The van der Waals surface area contributed by atoms with Crippen molar-refractivity contribution in [1.82, 2.24) is 0 Å². The van der Waals surface area contributed by atoms with Gasteiger partial charge in [0, 0.05) is 0 Å². The van der Waals surface area contributed by atoms with Gasteiger partial charge in [-0.25, -0.2) is 0 Å². The van der Waals surface area contributed by atoms with Gasteiger partial charge >= 0.3 is 0 Å². The molecule has 1 N–H and O–H groups in total. The van der Waals surface area contributed by atoms with E-state index in [0.29, 0.717) is 0 Å². The van der Waals surface area contributed by atoms with Gasteiger partial charge in [0.15, 0.2) is 0 Å². The molecular weight excluding hydrogens is 364 g/mol. The predicted molar refractivity (Wildman–Crippen MR) is 102 cm³/mol. The summed E-state index contributed by atoms with van der Waals surface area (Å²) in [5, 5.41) is 8.90. The van der Waals surface area contributed by atoms with Crippen LogP contribution in [0.25, 0.3) is 0 Å². The van der Waals surface area contributed by atoms with Crippen molar-refractivity contribution in [2.75, 3.05) is 23.0 Å². The van der Waals surface area contributed by atoms with E-state index in [2.05, 4.69) is 0 Å². The van der Waals surface area contributed by atoms with E-state index in [1.54, 1.807) is 24.3 Å². The van der Waals surface area contributed by atoms with E-state index in [4.69, 9.17) is 9.29 Å². The van der Waals surface area contributed by atoms with Crippen molar-refractivity contribution in [2.24, 2.45) is 0 Å². The Balaban J connectivity index is 0.000000249. The highest BCUT2D eigenvalue weighted by molar-refractivity contribution is 7.99. The second kappa shape index (κ2) is 10.1. The average molecular weight is 391 g/mol. The third-order valence-corrected chi connectivity index (χ3v) is 7.40. The van der Waals surface area contributed by atoms with Gasteiger partial charge in [0.05, 0.1) is 17.1 Å². The fourth-order valence-corrected chi connectivity index (χ4v) is 5.67. The SMILES string of the molecule is Cc1ccc(S(=O)(=O)OC2CCSCC2)cc1.OC1CCSCC1. The molecule has 0 bridgehead atoms. The zero-order valence-electron chi connectivity index (χ0n) is 14.0. The second-order valence-electron chi connectivity index (χ2n) is 6.02. The van der Waals surface area contributed by atoms with E-state index in [1.165, 1.54) is 0 Å². The van der Waals surface area contributed by atoms with Gasteiger partial charge in [-0.3, -0.25) is 4.18 Å². The van der Waals surface area contributed by atoms with E-state index in [0.717, 1.165) is 54.3 Å². The zero-order chi connectivity index (χ0) is 17.4. The van der Waals surface area contributed by atoms with Crippen LogP contribution < -0.4 is 0 Å². The topological polar surface area (TPSA) is 63.6 Å². The molecular formula is C17H26O4S3. The standard InChI is InChI=1S/C12H16O3S2.C5H10OS/c1-10-2-4-12(5-3-10)17(13,14)15-11-6-8-16-9-7-11;6-5-1-3-7-4-2-5/h2-5,11H,6-9H2,1H3;5-6H,1-4H2. The van der Waals surface area contributed by atoms with Gasteiger partial charge in [0.2, 0.25) is 0 Å². The largest absolute Gasteiger partial charge is 0.393 e. The van der Waals surface area contributed by atoms with Gasteiger partial charge in [-0.1, -0.05) is 17.7 Å². The Hall–Kier alpha value is -0.210. The lowest BCUT2D eigenvalue weighted by atomic mass is 10.2. The van der Waals surface area contributed by atoms with Crippen molar-refractivity contribution < 1.29 is 17.7 Å². The third-order valence-electron chi connectivity index (χ3n) is 3.93. The second-order valence-corrected chi connectivity index (χ2v) is 10.0. The Labute approximate surface area is 153 Å². The fourth-order valence-electron chi connectivity index (χ4n) is 2.40. The van der Waals surface area contributed by atoms with Crippen LogP contribution in [0.1, 0.15) is 31.2 Å². The Morgan fingerprint density at radius 1 is 0.958 bits per heavy atom. The molecule has 2 saturated heterocycles. The molecule has 7 heteroatoms. The minimum Gasteiger partial charge on any atom is -0.393 e. The Morgan fingerprint density at radius 3 is 1.92 bits per heavy atom. The van der Waals surface area contributed by atoms with Crippen LogP contribution >= 0.6 is 23.5 Å². The highest BCUT2D eigenvalue weighted by atomic mass is 32.2. The van der Waals surface area contributed by atoms with Crippen molar-refractivity contribution in [2.45, 2.75) is 49.7 Å². The monoisotopic (exact) mass is 390 g/mol. The van der Waals surface area contributed by atoms with Gasteiger partial charge in [-0.05, 0) is 67.8 Å². The molecule has 0 spiro atoms. The lowest BCUT2D eigenvalue weighted by molar-refractivity contribution is 0.166. The van der Waals surface area contributed by atoms with Crippen molar-refractivity contribution in [1.29, 1.82) is 0 Å². The first-order chi connectivity index (χ1) is 11.5. The van der Waals surface area contributed by atoms with Gasteiger partial charge in [-0.15, -0.1) is 0 Å². The number of aliphatic hydroxyl groups excluding tert-OH is 1. The molecule has 0 aromatic heterocycles. The minimum atomic E-state index is -3.59. The molecule has 0 aliphatic carbocycles. The summed E-state index contributed by atoms with van der Waals surface area (Å²) in [6.45, 7) is 1.93. The summed E-state index contributed by atoms with van der Waals surface area (Å²) in [7, 11) is -3.59. The molecule has 4 nitrogen and oxygen atoms in total. The summed E-state index contributed by atoms with van der Waals surface area (Å²) in [4.78, 5) is 0.251. The summed E-state index contributed by atoms with van der Waals surface area (Å²) in [6, 6.07) is 6.77. The normalized spacial score (nSPS) is 20.2. The van der Waals surface area contributed by atoms with Crippen molar-refractivity contribution in [3.8, 4) is 0 Å².